The second-order valence-corrected chi connectivity index (χ2v) is 27.2. The predicted molar refractivity (Wildman–Crippen MR) is 265 cm³/mol. The minimum Gasteiger partial charge on any atom is -0.0622 e. The first-order chi connectivity index (χ1) is 28.8. The van der Waals surface area contributed by atoms with Crippen LogP contribution in [0.25, 0.3) is 0 Å². The minimum atomic E-state index is -1.95. The minimum absolute atomic E-state index is 0.550. The van der Waals surface area contributed by atoms with Crippen LogP contribution in [-0.2, 0) is 0 Å². The van der Waals surface area contributed by atoms with Gasteiger partial charge in [0.2, 0.25) is 0 Å². The summed E-state index contributed by atoms with van der Waals surface area (Å²) in [7, 11) is -4.99. The molecule has 0 spiro atoms. The summed E-state index contributed by atoms with van der Waals surface area (Å²) in [5, 5.41) is 12.0. The first kappa shape index (κ1) is 40.3. The maximum Gasteiger partial charge on any atom is 0.103 e. The summed E-state index contributed by atoms with van der Waals surface area (Å²) in [5.74, 6) is 0. The van der Waals surface area contributed by atoms with Crippen LogP contribution >= 0.6 is 30.4 Å². The normalized spacial score (nSPS) is 11.8. The first-order valence-electron chi connectivity index (χ1n) is 20.5. The summed E-state index contributed by atoms with van der Waals surface area (Å²) in [5.41, 5.74) is 0. The van der Waals surface area contributed by atoms with E-state index in [1.807, 2.05) is 0 Å². The van der Waals surface area contributed by atoms with Crippen LogP contribution in [0.1, 0.15) is 0 Å². The van der Waals surface area contributed by atoms with Gasteiger partial charge in [-0.15, -0.1) is 0 Å². The average Bonchev–Trinajstić information content (AvgIpc) is 3.32. The van der Waals surface area contributed by atoms with E-state index in [0.29, 0.717) is 0 Å². The molecule has 58 heavy (non-hydrogen) atoms. The van der Waals surface area contributed by atoms with Crippen LogP contribution in [0.2, 0.25) is 0 Å². The topological polar surface area (TPSA) is 0 Å². The monoisotopic (exact) mass is 824 g/mol. The number of hydrogen-bond acceptors (Lipinski definition) is 0. The van der Waals surface area contributed by atoms with Crippen molar-refractivity contribution in [2.75, 3.05) is 37.0 Å². The highest BCUT2D eigenvalue weighted by Gasteiger charge is 2.50. The smallest absolute Gasteiger partial charge is 0.0622 e. The van der Waals surface area contributed by atoms with Crippen LogP contribution in [0.5, 0.6) is 0 Å². The van der Waals surface area contributed by atoms with E-state index in [4.69, 9.17) is 0 Å². The fraction of sp³-hybridized carbons (Fsp3) is 0.111. The molecular weight excluding hydrogens is 772 g/mol. The van der Waals surface area contributed by atoms with Crippen molar-refractivity contribution in [1.29, 1.82) is 0 Å². The van der Waals surface area contributed by atoms with E-state index < -0.39 is 30.4 Å². The number of rotatable bonds is 17. The molecule has 0 saturated heterocycles. The Labute approximate surface area is 350 Å². The van der Waals surface area contributed by atoms with Gasteiger partial charge in [-0.25, -0.2) is 0 Å². The van der Waals surface area contributed by atoms with Crippen molar-refractivity contribution < 1.29 is 0 Å². The predicted octanol–water partition coefficient (Wildman–Crippen LogP) is 10.6. The molecule has 0 atom stereocenters. The third-order valence-electron chi connectivity index (χ3n) is 11.5. The standard InChI is InChI=1S/C54H52P4/c1-9-25-47(26-10-1)55(48-27-11-2-12-28-48)41-43-57(51-33-17-5-18-34-51,52-35-19-6-20-36-52)45-46-58(53-37-21-7-22-38-53,54-39-23-8-24-40-54)44-42-56(49-29-13-3-14-30-49)50-31-15-4-16-32-50/h1-40H,41-46H2/q+2. The fourth-order valence-corrected chi connectivity index (χ4v) is 25.4. The van der Waals surface area contributed by atoms with Gasteiger partial charge >= 0.3 is 0 Å². The molecule has 0 aliphatic rings. The zero-order valence-electron chi connectivity index (χ0n) is 33.1. The summed E-state index contributed by atoms with van der Waals surface area (Å²) in [4.78, 5) is 0. The molecule has 0 heterocycles. The zero-order chi connectivity index (χ0) is 39.3. The van der Waals surface area contributed by atoms with Crippen LogP contribution in [0.3, 0.4) is 0 Å². The van der Waals surface area contributed by atoms with Gasteiger partial charge in [0.1, 0.15) is 12.3 Å². The summed E-state index contributed by atoms with van der Waals surface area (Å²) in [6.07, 6.45) is 6.97. The van der Waals surface area contributed by atoms with Gasteiger partial charge in [0, 0.05) is 12.3 Å². The van der Waals surface area contributed by atoms with Gasteiger partial charge < -0.3 is 0 Å². The van der Waals surface area contributed by atoms with Crippen molar-refractivity contribution in [3.63, 3.8) is 0 Å². The average molecular weight is 825 g/mol. The molecule has 0 unspecified atom stereocenters. The van der Waals surface area contributed by atoms with E-state index in [1.165, 1.54) is 67.1 Å². The van der Waals surface area contributed by atoms with Gasteiger partial charge in [-0.05, 0) is 85.6 Å². The third kappa shape index (κ3) is 9.35. The van der Waals surface area contributed by atoms with Crippen molar-refractivity contribution in [2.24, 2.45) is 0 Å². The largest absolute Gasteiger partial charge is 0.103 e. The Kier molecular flexibility index (Phi) is 13.9. The number of benzene rings is 8. The van der Waals surface area contributed by atoms with Gasteiger partial charge in [0.05, 0.1) is 48.1 Å². The van der Waals surface area contributed by atoms with Gasteiger partial charge in [-0.3, -0.25) is 0 Å². The van der Waals surface area contributed by atoms with Crippen molar-refractivity contribution >= 4 is 72.8 Å². The van der Waals surface area contributed by atoms with Crippen molar-refractivity contribution in [3.8, 4) is 0 Å². The quantitative estimate of drug-likeness (QED) is 0.0803. The third-order valence-corrected chi connectivity index (χ3v) is 26.7. The second kappa shape index (κ2) is 20.0. The highest BCUT2D eigenvalue weighted by atomic mass is 31.2. The van der Waals surface area contributed by atoms with E-state index >= 15 is 0 Å². The van der Waals surface area contributed by atoms with Crippen LogP contribution in [0.15, 0.2) is 243 Å². The molecule has 0 amide bonds. The molecule has 0 N–H and O–H groups in total. The maximum absolute atomic E-state index is 2.46. The van der Waals surface area contributed by atoms with Crippen LogP contribution in [-0.4, -0.2) is 37.0 Å². The fourth-order valence-electron chi connectivity index (χ4n) is 8.54. The van der Waals surface area contributed by atoms with Gasteiger partial charge in [0.25, 0.3) is 0 Å². The molecule has 4 heteroatoms. The Hall–Kier alpha value is -4.52. The van der Waals surface area contributed by atoms with E-state index in [0.717, 1.165) is 12.3 Å². The molecule has 286 valence electrons. The summed E-state index contributed by atoms with van der Waals surface area (Å²) >= 11 is 0. The van der Waals surface area contributed by atoms with Crippen LogP contribution < -0.4 is 42.4 Å². The van der Waals surface area contributed by atoms with Gasteiger partial charge in [-0.2, -0.15) is 0 Å². The Balaban J connectivity index is 1.26. The molecule has 0 aromatic heterocycles. The highest BCUT2D eigenvalue weighted by Crippen LogP contribution is 2.65. The highest BCUT2D eigenvalue weighted by molar-refractivity contribution is 7.93. The summed E-state index contributed by atoms with van der Waals surface area (Å²) < 4.78 is 0. The molecule has 0 nitrogen and oxygen atoms in total. The Morgan fingerprint density at radius 2 is 0.414 bits per heavy atom. The van der Waals surface area contributed by atoms with Crippen molar-refractivity contribution in [1.82, 2.24) is 0 Å². The molecule has 8 aromatic rings. The SMILES string of the molecule is c1ccc(P(CC[P+](CC[P+](CCP(c2ccccc2)c2ccccc2)(c2ccccc2)c2ccccc2)(c2ccccc2)c2ccccc2)c2ccccc2)cc1. The van der Waals surface area contributed by atoms with Gasteiger partial charge in [-0.1, -0.05) is 194 Å². The molecule has 0 fully saturated rings. The Morgan fingerprint density at radius 1 is 0.224 bits per heavy atom. The summed E-state index contributed by atoms with van der Waals surface area (Å²) in [6, 6.07) is 92.1. The lowest BCUT2D eigenvalue weighted by atomic mass is 10.4. The number of hydrogen-bond donors (Lipinski definition) is 0. The molecule has 8 aromatic carbocycles. The van der Waals surface area contributed by atoms with Crippen molar-refractivity contribution in [3.05, 3.63) is 243 Å². The lowest BCUT2D eigenvalue weighted by Crippen LogP contribution is -2.35. The Bertz CT molecular complexity index is 2050. The van der Waals surface area contributed by atoms with E-state index in [1.54, 1.807) is 0 Å². The van der Waals surface area contributed by atoms with E-state index in [9.17, 15) is 0 Å². The molecule has 0 aliphatic heterocycles. The lowest BCUT2D eigenvalue weighted by molar-refractivity contribution is 1.36. The van der Waals surface area contributed by atoms with E-state index in [2.05, 4.69) is 243 Å². The van der Waals surface area contributed by atoms with Crippen LogP contribution in [0, 0.1) is 0 Å². The lowest BCUT2D eigenvalue weighted by Gasteiger charge is -2.34. The van der Waals surface area contributed by atoms with E-state index in [-0.39, 0.29) is 0 Å². The van der Waals surface area contributed by atoms with Crippen molar-refractivity contribution in [2.45, 2.75) is 0 Å². The second-order valence-electron chi connectivity index (χ2n) is 14.8. The first-order valence-corrected chi connectivity index (χ1v) is 27.8. The Morgan fingerprint density at radius 3 is 0.621 bits per heavy atom. The molecule has 0 radical (unpaired) electrons. The molecule has 0 aliphatic carbocycles. The molecule has 0 saturated carbocycles. The zero-order valence-corrected chi connectivity index (χ0v) is 36.7. The summed E-state index contributed by atoms with van der Waals surface area (Å²) in [6.45, 7) is 0. The molecular formula is C54H52P4+2. The maximum atomic E-state index is 2.46. The molecule has 0 bridgehead atoms. The van der Waals surface area contributed by atoms with Gasteiger partial charge in [0.15, 0.2) is 0 Å². The van der Waals surface area contributed by atoms with Crippen LogP contribution in [0.4, 0.5) is 0 Å². The molecule has 8 rings (SSSR count).